The first-order valence-corrected chi connectivity index (χ1v) is 8.68. The molecule has 0 unspecified atom stereocenters. The molecule has 0 amide bonds. The molecule has 1 aromatic heterocycles. The molecule has 1 heterocycles. The van der Waals surface area contributed by atoms with E-state index >= 15 is 0 Å². The van der Waals surface area contributed by atoms with Crippen LogP contribution >= 0.6 is 11.3 Å². The Morgan fingerprint density at radius 3 is 2.13 bits per heavy atom. The number of nitrogens with one attached hydrogen (secondary N) is 1. The molecule has 2 nitrogen and oxygen atoms in total. The van der Waals surface area contributed by atoms with Crippen LogP contribution in [-0.4, -0.2) is 0 Å². The number of hydrogen-bond acceptors (Lipinski definition) is 3. The Morgan fingerprint density at radius 2 is 1.52 bits per heavy atom. The first-order valence-electron chi connectivity index (χ1n) is 7.80. The van der Waals surface area contributed by atoms with E-state index in [2.05, 4.69) is 60.1 Å². The Morgan fingerprint density at radius 1 is 0.870 bits per heavy atom. The van der Waals surface area contributed by atoms with Crippen molar-refractivity contribution in [1.29, 1.82) is 0 Å². The second kappa shape index (κ2) is 7.95. The Hall–Kier alpha value is -2.10. The molecule has 0 atom stereocenters. The first-order chi connectivity index (χ1) is 11.3. The van der Waals surface area contributed by atoms with E-state index in [9.17, 15) is 0 Å². The maximum atomic E-state index is 5.78. The van der Waals surface area contributed by atoms with E-state index in [0.29, 0.717) is 6.61 Å². The van der Waals surface area contributed by atoms with Gasteiger partial charge in [0, 0.05) is 18.0 Å². The van der Waals surface area contributed by atoms with Crippen LogP contribution in [-0.2, 0) is 19.7 Å². The summed E-state index contributed by atoms with van der Waals surface area (Å²) in [5.74, 6) is 0.917. The van der Waals surface area contributed by atoms with Crippen molar-refractivity contribution < 1.29 is 4.74 Å². The summed E-state index contributed by atoms with van der Waals surface area (Å²) in [5, 5.41) is 5.54. The van der Waals surface area contributed by atoms with Gasteiger partial charge in [-0.2, -0.15) is 0 Å². The van der Waals surface area contributed by atoms with Crippen LogP contribution in [0.25, 0.3) is 0 Å². The first kappa shape index (κ1) is 15.8. The molecular formula is C20H21NOS. The predicted molar refractivity (Wildman–Crippen MR) is 96.8 cm³/mol. The summed E-state index contributed by atoms with van der Waals surface area (Å²) in [4.78, 5) is 1.24. The topological polar surface area (TPSA) is 21.3 Å². The van der Waals surface area contributed by atoms with Crippen LogP contribution in [0.4, 0.5) is 0 Å². The smallest absolute Gasteiger partial charge is 0.122 e. The highest BCUT2D eigenvalue weighted by molar-refractivity contribution is 7.09. The highest BCUT2D eigenvalue weighted by Crippen LogP contribution is 2.16. The molecule has 3 aromatic rings. The molecule has 3 rings (SSSR count). The van der Waals surface area contributed by atoms with Crippen LogP contribution in [0.5, 0.6) is 5.75 Å². The molecule has 23 heavy (non-hydrogen) atoms. The number of ether oxygens (including phenoxy) is 1. The molecule has 1 N–H and O–H groups in total. The van der Waals surface area contributed by atoms with Crippen molar-refractivity contribution in [2.75, 3.05) is 0 Å². The van der Waals surface area contributed by atoms with Gasteiger partial charge in [-0.3, -0.25) is 0 Å². The lowest BCUT2D eigenvalue weighted by Crippen LogP contribution is -2.12. The molecule has 0 aliphatic rings. The summed E-state index contributed by atoms with van der Waals surface area (Å²) in [7, 11) is 0. The Bertz CT molecular complexity index is 702. The number of benzene rings is 2. The predicted octanol–water partition coefficient (Wildman–Crippen LogP) is 4.93. The zero-order valence-corrected chi connectivity index (χ0v) is 14.1. The van der Waals surface area contributed by atoms with Gasteiger partial charge in [0.05, 0.1) is 0 Å². The molecule has 0 fully saturated rings. The molecule has 0 saturated carbocycles. The second-order valence-electron chi connectivity index (χ2n) is 5.60. The average Bonchev–Trinajstić information content (AvgIpc) is 3.09. The number of thiophene rings is 1. The third-order valence-corrected chi connectivity index (χ3v) is 4.51. The van der Waals surface area contributed by atoms with Gasteiger partial charge in [0.2, 0.25) is 0 Å². The fourth-order valence-electron chi connectivity index (χ4n) is 2.31. The summed E-state index contributed by atoms with van der Waals surface area (Å²) in [5.41, 5.74) is 3.87. The lowest BCUT2D eigenvalue weighted by Gasteiger charge is -2.08. The molecule has 118 valence electrons. The number of rotatable bonds is 7. The Labute approximate surface area is 141 Å². The third-order valence-electron chi connectivity index (χ3n) is 3.66. The normalized spacial score (nSPS) is 10.7. The quantitative estimate of drug-likeness (QED) is 0.666. The fraction of sp³-hybridized carbons (Fsp3) is 0.200. The minimum atomic E-state index is 0.642. The summed E-state index contributed by atoms with van der Waals surface area (Å²) in [6.45, 7) is 4.50. The molecule has 3 heteroatoms. The van der Waals surface area contributed by atoms with Gasteiger partial charge in [-0.15, -0.1) is 11.3 Å². The van der Waals surface area contributed by atoms with Crippen LogP contribution in [0.1, 0.15) is 21.6 Å². The van der Waals surface area contributed by atoms with Gasteiger partial charge in [0.15, 0.2) is 0 Å². The lowest BCUT2D eigenvalue weighted by atomic mass is 10.1. The van der Waals surface area contributed by atoms with E-state index < -0.39 is 0 Å². The van der Waals surface area contributed by atoms with E-state index in [1.807, 2.05) is 18.2 Å². The molecule has 0 spiro atoms. The largest absolute Gasteiger partial charge is 0.488 e. The molecule has 0 aliphatic carbocycles. The second-order valence-corrected chi connectivity index (χ2v) is 6.63. The highest BCUT2D eigenvalue weighted by Gasteiger charge is 1.98. The van der Waals surface area contributed by atoms with Crippen LogP contribution in [0.15, 0.2) is 66.0 Å². The summed E-state index contributed by atoms with van der Waals surface area (Å²) < 4.78 is 5.78. The Balaban J connectivity index is 1.44. The summed E-state index contributed by atoms with van der Waals surface area (Å²) in [6.07, 6.45) is 0. The van der Waals surface area contributed by atoms with Crippen molar-refractivity contribution in [3.8, 4) is 5.75 Å². The zero-order chi connectivity index (χ0) is 15.9. The van der Waals surface area contributed by atoms with Crippen LogP contribution in [0.3, 0.4) is 0 Å². The number of aryl methyl sites for hydroxylation is 1. The third kappa shape index (κ3) is 4.95. The van der Waals surface area contributed by atoms with E-state index in [4.69, 9.17) is 4.74 Å². The zero-order valence-electron chi connectivity index (χ0n) is 13.3. The van der Waals surface area contributed by atoms with Gasteiger partial charge in [0.1, 0.15) is 12.4 Å². The summed E-state index contributed by atoms with van der Waals surface area (Å²) >= 11 is 1.72. The van der Waals surface area contributed by atoms with Crippen LogP contribution in [0, 0.1) is 6.92 Å². The maximum Gasteiger partial charge on any atom is 0.122 e. The molecule has 0 saturated heterocycles. The van der Waals surface area contributed by atoms with Crippen LogP contribution in [0.2, 0.25) is 0 Å². The van der Waals surface area contributed by atoms with E-state index in [1.165, 1.54) is 21.6 Å². The Kier molecular flexibility index (Phi) is 5.46. The molecule has 0 bridgehead atoms. The van der Waals surface area contributed by atoms with Crippen molar-refractivity contribution in [1.82, 2.24) is 5.32 Å². The van der Waals surface area contributed by atoms with Gasteiger partial charge in [-0.1, -0.05) is 48.0 Å². The van der Waals surface area contributed by atoms with Gasteiger partial charge in [-0.25, -0.2) is 0 Å². The minimum absolute atomic E-state index is 0.642. The monoisotopic (exact) mass is 323 g/mol. The van der Waals surface area contributed by atoms with Crippen molar-refractivity contribution in [2.45, 2.75) is 26.6 Å². The molecule has 0 aliphatic heterocycles. The lowest BCUT2D eigenvalue weighted by molar-refractivity contribution is 0.309. The van der Waals surface area contributed by atoms with Crippen molar-refractivity contribution in [2.24, 2.45) is 0 Å². The SMILES string of the molecule is Cc1ccc(CNCc2ccc(OCc3cccs3)cc2)cc1. The minimum Gasteiger partial charge on any atom is -0.488 e. The van der Waals surface area contributed by atoms with Crippen LogP contribution < -0.4 is 10.1 Å². The maximum absolute atomic E-state index is 5.78. The standard InChI is InChI=1S/C20H21NOS/c1-16-4-6-17(7-5-16)13-21-14-18-8-10-19(11-9-18)22-15-20-3-2-12-23-20/h2-12,21H,13-15H2,1H3. The molecule has 0 radical (unpaired) electrons. The molecule has 2 aromatic carbocycles. The van der Waals surface area contributed by atoms with E-state index in [1.54, 1.807) is 11.3 Å². The molecular weight excluding hydrogens is 302 g/mol. The van der Waals surface area contributed by atoms with Gasteiger partial charge in [0.25, 0.3) is 0 Å². The van der Waals surface area contributed by atoms with E-state index in [-0.39, 0.29) is 0 Å². The summed E-state index contributed by atoms with van der Waals surface area (Å²) in [6, 6.07) is 21.1. The number of hydrogen-bond donors (Lipinski definition) is 1. The average molecular weight is 323 g/mol. The van der Waals surface area contributed by atoms with Gasteiger partial charge in [-0.05, 0) is 41.6 Å². The van der Waals surface area contributed by atoms with Crippen molar-refractivity contribution >= 4 is 11.3 Å². The van der Waals surface area contributed by atoms with Gasteiger partial charge < -0.3 is 10.1 Å². The highest BCUT2D eigenvalue weighted by atomic mass is 32.1. The van der Waals surface area contributed by atoms with Crippen molar-refractivity contribution in [3.05, 3.63) is 87.6 Å². The van der Waals surface area contributed by atoms with E-state index in [0.717, 1.165) is 18.8 Å². The van der Waals surface area contributed by atoms with Gasteiger partial charge >= 0.3 is 0 Å². The fourth-order valence-corrected chi connectivity index (χ4v) is 2.93. The van der Waals surface area contributed by atoms with Crippen molar-refractivity contribution in [3.63, 3.8) is 0 Å².